The maximum atomic E-state index is 12.1. The van der Waals surface area contributed by atoms with E-state index in [0.717, 1.165) is 22.6 Å². The standard InChI is InChI=1S/C19H22O3S3/c1-16-7-9-17(10-8-16)15-25(20,21)12-4-11-23-24-14-18-5-3-6-19(13-18)22-2/h3-11,13H,12,14-15H2,1-2H3. The van der Waals surface area contributed by atoms with E-state index in [4.69, 9.17) is 4.74 Å². The fourth-order valence-corrected chi connectivity index (χ4v) is 5.18. The van der Waals surface area contributed by atoms with Crippen molar-refractivity contribution in [1.29, 1.82) is 0 Å². The van der Waals surface area contributed by atoms with Crippen LogP contribution in [-0.4, -0.2) is 21.3 Å². The smallest absolute Gasteiger partial charge is 0.158 e. The van der Waals surface area contributed by atoms with Crippen molar-refractivity contribution in [2.45, 2.75) is 18.4 Å². The summed E-state index contributed by atoms with van der Waals surface area (Å²) >= 11 is 0. The first-order chi connectivity index (χ1) is 12.0. The van der Waals surface area contributed by atoms with E-state index in [1.165, 1.54) is 5.56 Å². The summed E-state index contributed by atoms with van der Waals surface area (Å²) in [7, 11) is 1.73. The molecule has 6 heteroatoms. The van der Waals surface area contributed by atoms with E-state index in [-0.39, 0.29) is 11.5 Å². The van der Waals surface area contributed by atoms with E-state index in [1.54, 1.807) is 34.8 Å². The molecule has 0 saturated heterocycles. The molecule has 0 amide bonds. The molecule has 2 rings (SSSR count). The van der Waals surface area contributed by atoms with Crippen molar-refractivity contribution in [1.82, 2.24) is 0 Å². The fraction of sp³-hybridized carbons (Fsp3) is 0.263. The molecule has 0 bridgehead atoms. The van der Waals surface area contributed by atoms with Crippen LogP contribution in [0.4, 0.5) is 0 Å². The topological polar surface area (TPSA) is 43.4 Å². The van der Waals surface area contributed by atoms with Crippen molar-refractivity contribution >= 4 is 31.4 Å². The van der Waals surface area contributed by atoms with Gasteiger partial charge < -0.3 is 4.74 Å². The van der Waals surface area contributed by atoms with Crippen LogP contribution < -0.4 is 4.74 Å². The third-order valence-electron chi connectivity index (χ3n) is 3.44. The molecule has 0 atom stereocenters. The Hall–Kier alpha value is -1.37. The molecule has 134 valence electrons. The minimum Gasteiger partial charge on any atom is -0.497 e. The average molecular weight is 395 g/mol. The number of hydrogen-bond acceptors (Lipinski definition) is 5. The number of ether oxygens (including phenoxy) is 1. The van der Waals surface area contributed by atoms with Gasteiger partial charge in [-0.05, 0) is 35.6 Å². The van der Waals surface area contributed by atoms with Gasteiger partial charge in [0.25, 0.3) is 0 Å². The summed E-state index contributed by atoms with van der Waals surface area (Å²) in [4.78, 5) is 0. The average Bonchev–Trinajstić information content (AvgIpc) is 2.60. The first-order valence-corrected chi connectivity index (χ1v) is 12.0. The quantitative estimate of drug-likeness (QED) is 0.442. The highest BCUT2D eigenvalue weighted by Gasteiger charge is 2.09. The van der Waals surface area contributed by atoms with E-state index in [9.17, 15) is 8.42 Å². The van der Waals surface area contributed by atoms with Gasteiger partial charge >= 0.3 is 0 Å². The van der Waals surface area contributed by atoms with Gasteiger partial charge in [-0.3, -0.25) is 0 Å². The molecule has 0 aromatic heterocycles. The van der Waals surface area contributed by atoms with Gasteiger partial charge in [0.15, 0.2) is 9.84 Å². The predicted octanol–water partition coefficient (Wildman–Crippen LogP) is 5.01. The van der Waals surface area contributed by atoms with Crippen LogP contribution in [0, 0.1) is 6.92 Å². The third kappa shape index (κ3) is 7.59. The van der Waals surface area contributed by atoms with Crippen LogP contribution in [-0.2, 0) is 21.3 Å². The SMILES string of the molecule is COc1cccc(CSSC=CCS(=O)(=O)Cc2ccc(C)cc2)c1. The zero-order chi connectivity index (χ0) is 18.1. The lowest BCUT2D eigenvalue weighted by atomic mass is 10.2. The summed E-state index contributed by atoms with van der Waals surface area (Å²) in [5.74, 6) is 1.83. The summed E-state index contributed by atoms with van der Waals surface area (Å²) in [6.45, 7) is 1.99. The van der Waals surface area contributed by atoms with Crippen molar-refractivity contribution in [3.05, 3.63) is 76.7 Å². The van der Waals surface area contributed by atoms with Gasteiger partial charge in [0, 0.05) is 5.75 Å². The Bertz CT molecular complexity index is 797. The second kappa shape index (κ2) is 9.94. The number of benzene rings is 2. The highest BCUT2D eigenvalue weighted by molar-refractivity contribution is 8.77. The molecule has 0 aliphatic carbocycles. The maximum Gasteiger partial charge on any atom is 0.158 e. The zero-order valence-corrected chi connectivity index (χ0v) is 16.8. The van der Waals surface area contributed by atoms with Crippen molar-refractivity contribution in [2.24, 2.45) is 0 Å². The van der Waals surface area contributed by atoms with Crippen LogP contribution in [0.1, 0.15) is 16.7 Å². The van der Waals surface area contributed by atoms with Crippen LogP contribution >= 0.6 is 21.6 Å². The minimum atomic E-state index is -3.12. The van der Waals surface area contributed by atoms with Crippen molar-refractivity contribution in [3.8, 4) is 5.75 Å². The monoisotopic (exact) mass is 394 g/mol. The Balaban J connectivity index is 1.73. The van der Waals surface area contributed by atoms with Crippen LogP contribution in [0.25, 0.3) is 0 Å². The number of methoxy groups -OCH3 is 1. The number of aryl methyl sites for hydroxylation is 1. The second-order valence-electron chi connectivity index (χ2n) is 5.62. The Kier molecular flexibility index (Phi) is 7.93. The fourth-order valence-electron chi connectivity index (χ4n) is 2.13. The summed E-state index contributed by atoms with van der Waals surface area (Å²) in [6.07, 6.45) is 1.72. The van der Waals surface area contributed by atoms with E-state index in [0.29, 0.717) is 0 Å². The molecule has 0 spiro atoms. The maximum absolute atomic E-state index is 12.1. The summed E-state index contributed by atoms with van der Waals surface area (Å²) < 4.78 is 29.5. The van der Waals surface area contributed by atoms with E-state index in [2.05, 4.69) is 0 Å². The number of sulfone groups is 1. The Morgan fingerprint density at radius 2 is 1.84 bits per heavy atom. The molecule has 0 N–H and O–H groups in total. The van der Waals surface area contributed by atoms with Crippen molar-refractivity contribution < 1.29 is 13.2 Å². The minimum absolute atomic E-state index is 0.0631. The molecule has 0 aliphatic heterocycles. The molecule has 0 aliphatic rings. The van der Waals surface area contributed by atoms with Gasteiger partial charge in [0.05, 0.1) is 18.6 Å². The van der Waals surface area contributed by atoms with Crippen molar-refractivity contribution in [3.63, 3.8) is 0 Å². The first-order valence-electron chi connectivity index (χ1n) is 7.81. The summed E-state index contributed by atoms with van der Waals surface area (Å²) in [5, 5.41) is 1.84. The van der Waals surface area contributed by atoms with Gasteiger partial charge in [-0.2, -0.15) is 0 Å². The molecule has 2 aromatic carbocycles. The van der Waals surface area contributed by atoms with Gasteiger partial charge in [0.1, 0.15) is 5.75 Å². The Morgan fingerprint density at radius 1 is 1.08 bits per heavy atom. The van der Waals surface area contributed by atoms with E-state index in [1.807, 2.05) is 60.9 Å². The first kappa shape index (κ1) is 19.9. The van der Waals surface area contributed by atoms with Gasteiger partial charge in [-0.1, -0.05) is 69.6 Å². The van der Waals surface area contributed by atoms with Crippen LogP contribution in [0.2, 0.25) is 0 Å². The Labute approximate surface area is 158 Å². The highest BCUT2D eigenvalue weighted by Crippen LogP contribution is 2.28. The lowest BCUT2D eigenvalue weighted by molar-refractivity contribution is 0.414. The lowest BCUT2D eigenvalue weighted by Gasteiger charge is -2.03. The molecule has 0 saturated carbocycles. The molecular weight excluding hydrogens is 372 g/mol. The van der Waals surface area contributed by atoms with E-state index < -0.39 is 9.84 Å². The van der Waals surface area contributed by atoms with Crippen LogP contribution in [0.15, 0.2) is 60.0 Å². The number of rotatable bonds is 9. The normalized spacial score (nSPS) is 11.8. The molecular formula is C19H22O3S3. The summed E-state index contributed by atoms with van der Waals surface area (Å²) in [6, 6.07) is 15.5. The predicted molar refractivity (Wildman–Crippen MR) is 110 cm³/mol. The summed E-state index contributed by atoms with van der Waals surface area (Å²) in [5.41, 5.74) is 3.14. The van der Waals surface area contributed by atoms with Gasteiger partial charge in [-0.15, -0.1) is 0 Å². The zero-order valence-electron chi connectivity index (χ0n) is 14.3. The molecule has 25 heavy (non-hydrogen) atoms. The lowest BCUT2D eigenvalue weighted by Crippen LogP contribution is -2.07. The Morgan fingerprint density at radius 3 is 2.56 bits per heavy atom. The molecule has 2 aromatic rings. The molecule has 0 heterocycles. The van der Waals surface area contributed by atoms with E-state index >= 15 is 0 Å². The highest BCUT2D eigenvalue weighted by atomic mass is 33.1. The van der Waals surface area contributed by atoms with Crippen LogP contribution in [0.3, 0.4) is 0 Å². The molecule has 0 fully saturated rings. The largest absolute Gasteiger partial charge is 0.497 e. The molecule has 3 nitrogen and oxygen atoms in total. The van der Waals surface area contributed by atoms with Crippen molar-refractivity contribution in [2.75, 3.05) is 12.9 Å². The van der Waals surface area contributed by atoms with Gasteiger partial charge in [0.2, 0.25) is 0 Å². The third-order valence-corrected chi connectivity index (χ3v) is 6.90. The molecule has 0 unspecified atom stereocenters. The second-order valence-corrected chi connectivity index (χ2v) is 10.0. The van der Waals surface area contributed by atoms with Gasteiger partial charge in [-0.25, -0.2) is 8.42 Å². The van der Waals surface area contributed by atoms with Crippen LogP contribution in [0.5, 0.6) is 5.75 Å². The molecule has 0 radical (unpaired) electrons. The number of hydrogen-bond donors (Lipinski definition) is 0.